The summed E-state index contributed by atoms with van der Waals surface area (Å²) in [5, 5.41) is 9.62. The van der Waals surface area contributed by atoms with Gasteiger partial charge in [0.15, 0.2) is 6.10 Å². The van der Waals surface area contributed by atoms with Gasteiger partial charge in [-0.1, -0.05) is 61.5 Å². The van der Waals surface area contributed by atoms with Crippen LogP contribution in [0.1, 0.15) is 37.5 Å². The Morgan fingerprint density at radius 2 is 1.81 bits per heavy atom. The molecule has 0 aliphatic carbocycles. The fraction of sp³-hybridized carbons (Fsp3) is 0.286. The van der Waals surface area contributed by atoms with Crippen LogP contribution in [0.25, 0.3) is 0 Å². The molecule has 2 aromatic rings. The van der Waals surface area contributed by atoms with Crippen LogP contribution >= 0.6 is 0 Å². The molecule has 0 saturated carbocycles. The van der Waals surface area contributed by atoms with Crippen LogP contribution in [0.5, 0.6) is 0 Å². The number of hydrogen-bond acceptors (Lipinski definition) is 4. The van der Waals surface area contributed by atoms with Crippen molar-refractivity contribution in [2.75, 3.05) is 5.32 Å². The minimum atomic E-state index is -0.231. The number of nitrogens with one attached hydrogen (secondary N) is 2. The summed E-state index contributed by atoms with van der Waals surface area (Å²) < 4.78 is 0. The van der Waals surface area contributed by atoms with Crippen molar-refractivity contribution in [2.24, 2.45) is 11.1 Å². The fourth-order valence-corrected chi connectivity index (χ4v) is 2.63. The quantitative estimate of drug-likeness (QED) is 0.823. The third-order valence-corrected chi connectivity index (χ3v) is 4.30. The molecule has 0 bridgehead atoms. The molecule has 1 aliphatic rings. The molecule has 0 saturated heterocycles. The van der Waals surface area contributed by atoms with E-state index >= 15 is 0 Å². The van der Waals surface area contributed by atoms with Crippen molar-refractivity contribution in [1.29, 1.82) is 0 Å². The smallest absolute Gasteiger partial charge is 0.269 e. The highest BCUT2D eigenvalue weighted by molar-refractivity contribution is 6.39. The molecule has 3 rings (SSSR count). The van der Waals surface area contributed by atoms with Gasteiger partial charge in [-0.05, 0) is 23.3 Å². The highest BCUT2D eigenvalue weighted by atomic mass is 16.6. The Hall–Kier alpha value is -3.15. The number of carbonyl (C=O) groups excluding carboxylic acids is 2. The lowest BCUT2D eigenvalue weighted by molar-refractivity contribution is -0.119. The second-order valence-electron chi connectivity index (χ2n) is 6.77. The summed E-state index contributed by atoms with van der Waals surface area (Å²) in [4.78, 5) is 29.4. The molecule has 0 spiro atoms. The third-order valence-electron chi connectivity index (χ3n) is 4.30. The van der Waals surface area contributed by atoms with Crippen molar-refractivity contribution in [3.8, 4) is 0 Å². The van der Waals surface area contributed by atoms with E-state index in [0.29, 0.717) is 18.7 Å². The SMILES string of the molecule is CC(C)C(=O)Nc1ccc(CNC(=O)C2=NOC(c3ccccc3)C2)cc1. The van der Waals surface area contributed by atoms with Gasteiger partial charge in [0.25, 0.3) is 5.91 Å². The lowest BCUT2D eigenvalue weighted by Gasteiger charge is -2.09. The molecule has 0 radical (unpaired) electrons. The number of hydrogen-bond donors (Lipinski definition) is 2. The van der Waals surface area contributed by atoms with Crippen molar-refractivity contribution >= 4 is 23.2 Å². The molecule has 6 nitrogen and oxygen atoms in total. The number of carbonyl (C=O) groups is 2. The Morgan fingerprint density at radius 3 is 2.48 bits per heavy atom. The zero-order valence-corrected chi connectivity index (χ0v) is 15.4. The number of amides is 2. The van der Waals surface area contributed by atoms with Gasteiger partial charge in [0.05, 0.1) is 0 Å². The number of oxime groups is 1. The van der Waals surface area contributed by atoms with Crippen molar-refractivity contribution in [3.63, 3.8) is 0 Å². The summed E-state index contributed by atoms with van der Waals surface area (Å²) in [6.07, 6.45) is 0.242. The van der Waals surface area contributed by atoms with E-state index in [2.05, 4.69) is 15.8 Å². The molecular weight excluding hydrogens is 342 g/mol. The van der Waals surface area contributed by atoms with E-state index in [0.717, 1.165) is 16.8 Å². The summed E-state index contributed by atoms with van der Waals surface area (Å²) in [7, 11) is 0. The number of anilines is 1. The molecular formula is C21H23N3O3. The van der Waals surface area contributed by atoms with Crippen LogP contribution < -0.4 is 10.6 Å². The highest BCUT2D eigenvalue weighted by Gasteiger charge is 2.27. The Kier molecular flexibility index (Phi) is 5.86. The molecule has 2 amide bonds. The molecule has 0 aromatic heterocycles. The van der Waals surface area contributed by atoms with Gasteiger partial charge in [-0.3, -0.25) is 9.59 Å². The number of benzene rings is 2. The largest absolute Gasteiger partial charge is 0.387 e. The second-order valence-corrected chi connectivity index (χ2v) is 6.77. The van der Waals surface area contributed by atoms with E-state index in [1.807, 2.05) is 68.4 Å². The predicted octanol–water partition coefficient (Wildman–Crippen LogP) is 3.41. The molecule has 0 fully saturated rings. The zero-order valence-electron chi connectivity index (χ0n) is 15.4. The predicted molar refractivity (Wildman–Crippen MR) is 104 cm³/mol. The van der Waals surface area contributed by atoms with E-state index in [-0.39, 0.29) is 23.8 Å². The normalized spacial score (nSPS) is 15.8. The molecule has 27 heavy (non-hydrogen) atoms. The van der Waals surface area contributed by atoms with Gasteiger partial charge in [-0.2, -0.15) is 0 Å². The van der Waals surface area contributed by atoms with Crippen LogP contribution in [0.3, 0.4) is 0 Å². The van der Waals surface area contributed by atoms with Gasteiger partial charge < -0.3 is 15.5 Å². The standard InChI is InChI=1S/C21H23N3O3/c1-14(2)20(25)23-17-10-8-15(9-11-17)13-22-21(26)18-12-19(27-24-18)16-6-4-3-5-7-16/h3-11,14,19H,12-13H2,1-2H3,(H,22,26)(H,23,25). The van der Waals surface area contributed by atoms with E-state index < -0.39 is 0 Å². The number of nitrogens with zero attached hydrogens (tertiary/aromatic N) is 1. The maximum atomic E-state index is 12.3. The Balaban J connectivity index is 1.49. The minimum Gasteiger partial charge on any atom is -0.387 e. The molecule has 2 aromatic carbocycles. The van der Waals surface area contributed by atoms with E-state index in [1.54, 1.807) is 0 Å². The minimum absolute atomic E-state index is 0.0248. The van der Waals surface area contributed by atoms with Gasteiger partial charge in [0, 0.05) is 24.6 Å². The number of rotatable bonds is 6. The van der Waals surface area contributed by atoms with Gasteiger partial charge in [0.1, 0.15) is 5.71 Å². The van der Waals surface area contributed by atoms with Gasteiger partial charge >= 0.3 is 0 Å². The topological polar surface area (TPSA) is 79.8 Å². The van der Waals surface area contributed by atoms with E-state index in [1.165, 1.54) is 0 Å². The average molecular weight is 365 g/mol. The molecule has 2 N–H and O–H groups in total. The van der Waals surface area contributed by atoms with Crippen molar-refractivity contribution in [2.45, 2.75) is 32.9 Å². The molecule has 1 unspecified atom stereocenters. The van der Waals surface area contributed by atoms with Gasteiger partial charge in [-0.15, -0.1) is 0 Å². The summed E-state index contributed by atoms with van der Waals surface area (Å²) in [6, 6.07) is 17.1. The summed E-state index contributed by atoms with van der Waals surface area (Å²) in [6.45, 7) is 4.07. The van der Waals surface area contributed by atoms with Crippen molar-refractivity contribution in [3.05, 3.63) is 65.7 Å². The van der Waals surface area contributed by atoms with Crippen LogP contribution in [0.2, 0.25) is 0 Å². The maximum absolute atomic E-state index is 12.3. The van der Waals surface area contributed by atoms with E-state index in [9.17, 15) is 9.59 Å². The first-order chi connectivity index (χ1) is 13.0. The molecule has 1 heterocycles. The molecule has 6 heteroatoms. The van der Waals surface area contributed by atoms with Crippen molar-refractivity contribution < 1.29 is 14.4 Å². The van der Waals surface area contributed by atoms with Gasteiger partial charge in [-0.25, -0.2) is 0 Å². The third kappa shape index (κ3) is 4.94. The first-order valence-corrected chi connectivity index (χ1v) is 8.98. The lowest BCUT2D eigenvalue weighted by atomic mass is 10.0. The van der Waals surface area contributed by atoms with Crippen LogP contribution in [-0.2, 0) is 21.0 Å². The Morgan fingerprint density at radius 1 is 1.11 bits per heavy atom. The maximum Gasteiger partial charge on any atom is 0.269 e. The second kappa shape index (κ2) is 8.49. The fourth-order valence-electron chi connectivity index (χ4n) is 2.63. The molecule has 1 atom stereocenters. The summed E-state index contributed by atoms with van der Waals surface area (Å²) in [5.41, 5.74) is 3.07. The summed E-state index contributed by atoms with van der Waals surface area (Å²) >= 11 is 0. The highest BCUT2D eigenvalue weighted by Crippen LogP contribution is 2.26. The first-order valence-electron chi connectivity index (χ1n) is 8.98. The van der Waals surface area contributed by atoms with Gasteiger partial charge in [0.2, 0.25) is 5.91 Å². The Bertz CT molecular complexity index is 830. The van der Waals surface area contributed by atoms with Crippen molar-refractivity contribution in [1.82, 2.24) is 5.32 Å². The van der Waals surface area contributed by atoms with Crippen LogP contribution in [0.4, 0.5) is 5.69 Å². The lowest BCUT2D eigenvalue weighted by Crippen LogP contribution is -2.29. The summed E-state index contributed by atoms with van der Waals surface area (Å²) in [5.74, 6) is -0.327. The van der Waals surface area contributed by atoms with Crippen LogP contribution in [0, 0.1) is 5.92 Å². The zero-order chi connectivity index (χ0) is 19.2. The van der Waals surface area contributed by atoms with Crippen LogP contribution in [-0.4, -0.2) is 17.5 Å². The Labute approximate surface area is 158 Å². The first kappa shape index (κ1) is 18.6. The van der Waals surface area contributed by atoms with Crippen LogP contribution in [0.15, 0.2) is 59.8 Å². The van der Waals surface area contributed by atoms with E-state index in [4.69, 9.17) is 4.84 Å². The molecule has 140 valence electrons. The molecule has 1 aliphatic heterocycles. The monoisotopic (exact) mass is 365 g/mol. The average Bonchev–Trinajstić information content (AvgIpc) is 3.18.